The fourth-order valence-electron chi connectivity index (χ4n) is 5.31. The molecule has 0 bridgehead atoms. The van der Waals surface area contributed by atoms with E-state index >= 15 is 4.39 Å². The number of halogens is 1. The SMILES string of the molecule is N#CC1(c2ccc(-c3ccc(C4NC(=O)OC4Cn4ccnn4)cc3F)cn2)C2CNCC21. The summed E-state index contributed by atoms with van der Waals surface area (Å²) >= 11 is 0. The van der Waals surface area contributed by atoms with Crippen molar-refractivity contribution in [1.82, 2.24) is 30.6 Å². The fraction of sp³-hybridized carbons (Fsp3) is 0.348. The van der Waals surface area contributed by atoms with Gasteiger partial charge in [0.1, 0.15) is 17.3 Å². The van der Waals surface area contributed by atoms with E-state index in [1.807, 2.05) is 12.1 Å². The molecule has 6 rings (SSSR count). The highest BCUT2D eigenvalue weighted by molar-refractivity contribution is 5.71. The summed E-state index contributed by atoms with van der Waals surface area (Å²) in [4.78, 5) is 16.4. The Balaban J connectivity index is 1.24. The van der Waals surface area contributed by atoms with Crippen LogP contribution in [0.5, 0.6) is 0 Å². The van der Waals surface area contributed by atoms with E-state index in [0.29, 0.717) is 35.1 Å². The Morgan fingerprint density at radius 3 is 2.79 bits per heavy atom. The summed E-state index contributed by atoms with van der Waals surface area (Å²) < 4.78 is 22.0. The zero-order chi connectivity index (χ0) is 22.6. The van der Waals surface area contributed by atoms with Crippen molar-refractivity contribution in [1.29, 1.82) is 5.26 Å². The minimum atomic E-state index is -0.555. The van der Waals surface area contributed by atoms with Crippen LogP contribution in [0.25, 0.3) is 11.1 Å². The molecule has 1 amide bonds. The van der Waals surface area contributed by atoms with Crippen LogP contribution in [0.3, 0.4) is 0 Å². The van der Waals surface area contributed by atoms with E-state index in [2.05, 4.69) is 32.0 Å². The zero-order valence-corrected chi connectivity index (χ0v) is 17.5. The molecule has 2 aromatic heterocycles. The number of carbonyl (C=O) groups excluding carboxylic acids is 1. The minimum Gasteiger partial charge on any atom is -0.442 e. The summed E-state index contributed by atoms with van der Waals surface area (Å²) in [5.74, 6) is 0.169. The number of hydrogen-bond donors (Lipinski definition) is 2. The van der Waals surface area contributed by atoms with Gasteiger partial charge in [0.15, 0.2) is 0 Å². The average Bonchev–Trinajstić information content (AvgIpc) is 3.35. The Bertz CT molecular complexity index is 1240. The number of benzene rings is 1. The minimum absolute atomic E-state index is 0.297. The van der Waals surface area contributed by atoms with Gasteiger partial charge in [-0.15, -0.1) is 5.10 Å². The number of nitrogens with one attached hydrogen (secondary N) is 2. The molecule has 1 saturated carbocycles. The molecule has 4 unspecified atom stereocenters. The third-order valence-corrected chi connectivity index (χ3v) is 7.05. The molecule has 1 aliphatic carbocycles. The van der Waals surface area contributed by atoms with Gasteiger partial charge in [-0.1, -0.05) is 23.4 Å². The number of carbonyl (C=O) groups is 1. The molecular formula is C23H20FN7O2. The van der Waals surface area contributed by atoms with Crippen LogP contribution >= 0.6 is 0 Å². The lowest BCUT2D eigenvalue weighted by Crippen LogP contribution is -2.26. The van der Waals surface area contributed by atoms with Crippen LogP contribution in [0.15, 0.2) is 48.9 Å². The third kappa shape index (κ3) is 3.08. The van der Waals surface area contributed by atoms with Gasteiger partial charge in [0.05, 0.1) is 30.5 Å². The van der Waals surface area contributed by atoms with Crippen LogP contribution in [-0.4, -0.2) is 45.3 Å². The number of aromatic nitrogens is 4. The summed E-state index contributed by atoms with van der Waals surface area (Å²) in [6, 6.07) is 10.5. The number of nitrogens with zero attached hydrogens (tertiary/aromatic N) is 5. The molecule has 3 fully saturated rings. The van der Waals surface area contributed by atoms with E-state index in [4.69, 9.17) is 4.74 Å². The first-order valence-electron chi connectivity index (χ1n) is 10.8. The molecule has 3 aliphatic rings. The van der Waals surface area contributed by atoms with E-state index in [1.165, 1.54) is 12.3 Å². The molecule has 2 N–H and O–H groups in total. The Hall–Kier alpha value is -3.84. The molecular weight excluding hydrogens is 425 g/mol. The van der Waals surface area contributed by atoms with Crippen LogP contribution in [0, 0.1) is 29.0 Å². The van der Waals surface area contributed by atoms with Crippen LogP contribution in [0.2, 0.25) is 0 Å². The van der Waals surface area contributed by atoms with Gasteiger partial charge < -0.3 is 15.4 Å². The standard InChI is InChI=1S/C23H20FN7O2/c24-18-7-13(21-19(33-22(32)29-21)11-31-6-5-28-30-31)1-3-15(18)14-2-4-20(27-8-14)23(12-25)16-9-26-10-17(16)23/h1-8,16-17,19,21,26H,9-11H2,(H,29,32). The van der Waals surface area contributed by atoms with Gasteiger partial charge >= 0.3 is 6.09 Å². The molecule has 166 valence electrons. The lowest BCUT2D eigenvalue weighted by atomic mass is 9.95. The molecule has 9 nitrogen and oxygen atoms in total. The molecule has 2 saturated heterocycles. The van der Waals surface area contributed by atoms with Crippen molar-refractivity contribution in [3.05, 3.63) is 66.0 Å². The Morgan fingerprint density at radius 1 is 1.27 bits per heavy atom. The second-order valence-electron chi connectivity index (χ2n) is 8.71. The topological polar surface area (TPSA) is 118 Å². The number of hydrogen-bond acceptors (Lipinski definition) is 7. The average molecular weight is 445 g/mol. The molecule has 3 aromatic rings. The van der Waals surface area contributed by atoms with Crippen molar-refractivity contribution in [3.8, 4) is 17.2 Å². The van der Waals surface area contributed by atoms with Gasteiger partial charge in [0.2, 0.25) is 0 Å². The summed E-state index contributed by atoms with van der Waals surface area (Å²) in [6.07, 6.45) is 3.74. The fourth-order valence-corrected chi connectivity index (χ4v) is 5.31. The maximum Gasteiger partial charge on any atom is 0.408 e. The number of piperidine rings is 1. The largest absolute Gasteiger partial charge is 0.442 e. The van der Waals surface area contributed by atoms with E-state index in [0.717, 1.165) is 18.8 Å². The molecule has 4 heterocycles. The number of alkyl carbamates (subject to hydrolysis) is 1. The predicted octanol–water partition coefficient (Wildman–Crippen LogP) is 1.94. The third-order valence-electron chi connectivity index (χ3n) is 7.05. The monoisotopic (exact) mass is 445 g/mol. The van der Waals surface area contributed by atoms with Crippen molar-refractivity contribution in [2.45, 2.75) is 24.1 Å². The maximum absolute atomic E-state index is 15.1. The summed E-state index contributed by atoms with van der Waals surface area (Å²) in [7, 11) is 0. The van der Waals surface area contributed by atoms with Crippen molar-refractivity contribution in [2.24, 2.45) is 11.8 Å². The number of ether oxygens (including phenoxy) is 1. The van der Waals surface area contributed by atoms with Gasteiger partial charge in [-0.3, -0.25) is 4.98 Å². The van der Waals surface area contributed by atoms with E-state index in [-0.39, 0.29) is 0 Å². The van der Waals surface area contributed by atoms with E-state index in [1.54, 1.807) is 29.2 Å². The molecule has 0 spiro atoms. The first-order chi connectivity index (χ1) is 16.1. The first kappa shape index (κ1) is 19.8. The molecule has 2 aliphatic heterocycles. The van der Waals surface area contributed by atoms with Crippen molar-refractivity contribution in [2.75, 3.05) is 13.1 Å². The van der Waals surface area contributed by atoms with Crippen LogP contribution in [0.1, 0.15) is 17.3 Å². The Labute approximate surface area is 188 Å². The van der Waals surface area contributed by atoms with Gasteiger partial charge in [-0.05, 0) is 17.7 Å². The van der Waals surface area contributed by atoms with Crippen molar-refractivity contribution in [3.63, 3.8) is 0 Å². The zero-order valence-electron chi connectivity index (χ0n) is 17.5. The predicted molar refractivity (Wildman–Crippen MR) is 113 cm³/mol. The normalized spacial score (nSPS) is 29.8. The lowest BCUT2D eigenvalue weighted by molar-refractivity contribution is 0.117. The van der Waals surface area contributed by atoms with Gasteiger partial charge in [-0.25, -0.2) is 13.9 Å². The Morgan fingerprint density at radius 2 is 2.12 bits per heavy atom. The first-order valence-corrected chi connectivity index (χ1v) is 10.8. The van der Waals surface area contributed by atoms with Crippen molar-refractivity contribution >= 4 is 6.09 Å². The van der Waals surface area contributed by atoms with Gasteiger partial charge in [0.25, 0.3) is 0 Å². The number of rotatable bonds is 5. The van der Waals surface area contributed by atoms with Crippen LogP contribution in [0.4, 0.5) is 9.18 Å². The summed E-state index contributed by atoms with van der Waals surface area (Å²) in [5.41, 5.74) is 1.86. The second kappa shape index (κ2) is 7.35. The second-order valence-corrected chi connectivity index (χ2v) is 8.71. The van der Waals surface area contributed by atoms with Crippen LogP contribution in [-0.2, 0) is 16.7 Å². The lowest BCUT2D eigenvalue weighted by Gasteiger charge is -2.18. The van der Waals surface area contributed by atoms with E-state index in [9.17, 15) is 10.1 Å². The summed E-state index contributed by atoms with van der Waals surface area (Å²) in [6.45, 7) is 1.96. The highest BCUT2D eigenvalue weighted by Gasteiger charge is 2.69. The number of nitriles is 1. The molecule has 0 radical (unpaired) electrons. The smallest absolute Gasteiger partial charge is 0.408 e. The number of amides is 1. The molecule has 33 heavy (non-hydrogen) atoms. The van der Waals surface area contributed by atoms with Gasteiger partial charge in [0, 0.05) is 48.4 Å². The van der Waals surface area contributed by atoms with Crippen molar-refractivity contribution < 1.29 is 13.9 Å². The Kier molecular flexibility index (Phi) is 4.41. The van der Waals surface area contributed by atoms with Gasteiger partial charge in [-0.2, -0.15) is 5.26 Å². The highest BCUT2D eigenvalue weighted by atomic mass is 19.1. The molecule has 4 atom stereocenters. The quantitative estimate of drug-likeness (QED) is 0.616. The highest BCUT2D eigenvalue weighted by Crippen LogP contribution is 2.60. The number of fused-ring (bicyclic) bond motifs is 1. The molecule has 1 aromatic carbocycles. The number of pyridine rings is 1. The number of cyclic esters (lactones) is 1. The summed E-state index contributed by atoms with van der Waals surface area (Å²) in [5, 5.41) is 23.5. The molecule has 10 heteroatoms. The maximum atomic E-state index is 15.1. The van der Waals surface area contributed by atoms with E-state index < -0.39 is 29.5 Å². The van der Waals surface area contributed by atoms with Crippen LogP contribution < -0.4 is 10.6 Å².